The largest absolute Gasteiger partial charge is 0.378 e. The van der Waals surface area contributed by atoms with Gasteiger partial charge in [0, 0.05) is 17.1 Å². The zero-order valence-corrected chi connectivity index (χ0v) is 13.5. The van der Waals surface area contributed by atoms with Crippen LogP contribution >= 0.6 is 15.9 Å². The molecule has 0 spiro atoms. The average molecular weight is 326 g/mol. The molecule has 0 amide bonds. The maximum atomic E-state index is 5.73. The van der Waals surface area contributed by atoms with E-state index in [2.05, 4.69) is 53.3 Å². The molecule has 2 nitrogen and oxygen atoms in total. The summed E-state index contributed by atoms with van der Waals surface area (Å²) in [6, 6.07) is 7.02. The third-order valence-electron chi connectivity index (χ3n) is 3.86. The van der Waals surface area contributed by atoms with Gasteiger partial charge < -0.3 is 10.1 Å². The maximum absolute atomic E-state index is 5.73. The van der Waals surface area contributed by atoms with Crippen molar-refractivity contribution in [2.45, 2.75) is 51.7 Å². The van der Waals surface area contributed by atoms with Gasteiger partial charge in [-0.2, -0.15) is 0 Å². The maximum Gasteiger partial charge on any atom is 0.0576 e. The molecular formula is C16H24BrNO. The van der Waals surface area contributed by atoms with Crippen LogP contribution in [-0.2, 0) is 4.74 Å². The highest BCUT2D eigenvalue weighted by atomic mass is 79.9. The first-order valence-corrected chi connectivity index (χ1v) is 8.11. The lowest BCUT2D eigenvalue weighted by atomic mass is 9.95. The first kappa shape index (κ1) is 15.0. The molecule has 0 aromatic heterocycles. The van der Waals surface area contributed by atoms with Gasteiger partial charge in [-0.15, -0.1) is 0 Å². The number of halogens is 1. The van der Waals surface area contributed by atoms with Gasteiger partial charge in [-0.3, -0.25) is 0 Å². The molecule has 1 aliphatic rings. The van der Waals surface area contributed by atoms with E-state index in [0.29, 0.717) is 12.1 Å². The molecule has 2 atom stereocenters. The summed E-state index contributed by atoms with van der Waals surface area (Å²) in [4.78, 5) is 0. The highest BCUT2D eigenvalue weighted by Crippen LogP contribution is 2.27. The zero-order valence-electron chi connectivity index (χ0n) is 11.9. The summed E-state index contributed by atoms with van der Waals surface area (Å²) >= 11 is 3.54. The lowest BCUT2D eigenvalue weighted by Crippen LogP contribution is -2.23. The van der Waals surface area contributed by atoms with E-state index in [1.807, 2.05) is 0 Å². The number of nitrogens with one attached hydrogen (secondary N) is 1. The van der Waals surface area contributed by atoms with Gasteiger partial charge in [0.15, 0.2) is 0 Å². The highest BCUT2D eigenvalue weighted by Gasteiger charge is 2.19. The van der Waals surface area contributed by atoms with Crippen molar-refractivity contribution in [3.05, 3.63) is 33.8 Å². The first-order valence-electron chi connectivity index (χ1n) is 7.31. The summed E-state index contributed by atoms with van der Waals surface area (Å²) in [6.07, 6.45) is 5.26. The molecule has 0 aliphatic carbocycles. The number of aryl methyl sites for hydroxylation is 1. The molecule has 106 valence electrons. The molecule has 2 unspecified atom stereocenters. The van der Waals surface area contributed by atoms with E-state index in [1.54, 1.807) is 0 Å². The van der Waals surface area contributed by atoms with Gasteiger partial charge in [0.05, 0.1) is 6.10 Å². The van der Waals surface area contributed by atoms with E-state index in [0.717, 1.165) is 30.5 Å². The van der Waals surface area contributed by atoms with Crippen LogP contribution in [0.2, 0.25) is 0 Å². The number of hydrogen-bond acceptors (Lipinski definition) is 2. The Bertz CT molecular complexity index is 402. The molecule has 0 radical (unpaired) electrons. The summed E-state index contributed by atoms with van der Waals surface area (Å²) in [5.74, 6) is 0. The zero-order chi connectivity index (χ0) is 13.7. The lowest BCUT2D eigenvalue weighted by molar-refractivity contribution is 0.0996. The van der Waals surface area contributed by atoms with Gasteiger partial charge >= 0.3 is 0 Å². The van der Waals surface area contributed by atoms with Gasteiger partial charge in [-0.25, -0.2) is 0 Å². The minimum absolute atomic E-state index is 0.447. The van der Waals surface area contributed by atoms with E-state index in [-0.39, 0.29) is 0 Å². The smallest absolute Gasteiger partial charge is 0.0576 e. The second kappa shape index (κ2) is 7.41. The third kappa shape index (κ3) is 4.30. The predicted molar refractivity (Wildman–Crippen MR) is 83.5 cm³/mol. The fourth-order valence-electron chi connectivity index (χ4n) is 2.87. The van der Waals surface area contributed by atoms with Crippen LogP contribution in [0.15, 0.2) is 22.7 Å². The fraction of sp³-hybridized carbons (Fsp3) is 0.625. The van der Waals surface area contributed by atoms with Crippen molar-refractivity contribution < 1.29 is 4.74 Å². The monoisotopic (exact) mass is 325 g/mol. The van der Waals surface area contributed by atoms with E-state index in [1.165, 1.54) is 24.0 Å². The molecule has 2 rings (SSSR count). The normalized spacial score (nSPS) is 20.7. The Morgan fingerprint density at radius 2 is 2.32 bits per heavy atom. The average Bonchev–Trinajstić information content (AvgIpc) is 2.88. The number of hydrogen-bond donors (Lipinski definition) is 1. The summed E-state index contributed by atoms with van der Waals surface area (Å²) in [7, 11) is 0. The highest BCUT2D eigenvalue weighted by molar-refractivity contribution is 9.10. The first-order chi connectivity index (χ1) is 9.20. The van der Waals surface area contributed by atoms with Crippen LogP contribution in [0.3, 0.4) is 0 Å². The molecular weight excluding hydrogens is 302 g/mol. The van der Waals surface area contributed by atoms with Gasteiger partial charge in [-0.1, -0.05) is 28.9 Å². The molecule has 0 saturated carbocycles. The Morgan fingerprint density at radius 1 is 1.47 bits per heavy atom. The number of ether oxygens (including phenoxy) is 1. The molecule has 19 heavy (non-hydrogen) atoms. The van der Waals surface area contributed by atoms with Gasteiger partial charge in [0.2, 0.25) is 0 Å². The minimum atomic E-state index is 0.447. The van der Waals surface area contributed by atoms with Gasteiger partial charge in [0.1, 0.15) is 0 Å². The van der Waals surface area contributed by atoms with Crippen LogP contribution < -0.4 is 5.32 Å². The molecule has 1 heterocycles. The van der Waals surface area contributed by atoms with Crippen molar-refractivity contribution in [3.63, 3.8) is 0 Å². The van der Waals surface area contributed by atoms with Crippen molar-refractivity contribution in [2.75, 3.05) is 13.2 Å². The second-order valence-electron chi connectivity index (χ2n) is 5.32. The van der Waals surface area contributed by atoms with Crippen molar-refractivity contribution in [1.82, 2.24) is 5.32 Å². The van der Waals surface area contributed by atoms with E-state index in [9.17, 15) is 0 Å². The molecule has 1 saturated heterocycles. The molecule has 1 N–H and O–H groups in total. The standard InChI is InChI=1S/C16H24BrNO/c1-3-18-16(9-7-14-5-4-10-19-14)15-8-6-13(17)11-12(15)2/h6,8,11,14,16,18H,3-5,7,9-10H2,1-2H3. The molecule has 0 bridgehead atoms. The van der Waals surface area contributed by atoms with Crippen LogP contribution in [-0.4, -0.2) is 19.3 Å². The Morgan fingerprint density at radius 3 is 2.95 bits per heavy atom. The Balaban J connectivity index is 2.01. The minimum Gasteiger partial charge on any atom is -0.378 e. The third-order valence-corrected chi connectivity index (χ3v) is 4.35. The van der Waals surface area contributed by atoms with Crippen LogP contribution in [0.1, 0.15) is 49.8 Å². The van der Waals surface area contributed by atoms with Crippen LogP contribution in [0.4, 0.5) is 0 Å². The fourth-order valence-corrected chi connectivity index (χ4v) is 3.34. The van der Waals surface area contributed by atoms with E-state index < -0.39 is 0 Å². The topological polar surface area (TPSA) is 21.3 Å². The van der Waals surface area contributed by atoms with Crippen LogP contribution in [0.25, 0.3) is 0 Å². The SMILES string of the molecule is CCNC(CCC1CCCO1)c1ccc(Br)cc1C. The van der Waals surface area contributed by atoms with Crippen molar-refractivity contribution in [1.29, 1.82) is 0 Å². The van der Waals surface area contributed by atoms with Crippen molar-refractivity contribution >= 4 is 15.9 Å². The van der Waals surface area contributed by atoms with Gasteiger partial charge in [0.25, 0.3) is 0 Å². The quantitative estimate of drug-likeness (QED) is 0.838. The predicted octanol–water partition coefficient (Wildman–Crippen LogP) is 4.37. The summed E-state index contributed by atoms with van der Waals surface area (Å²) in [5, 5.41) is 3.61. The molecule has 1 aromatic rings. The molecule has 1 aromatic carbocycles. The van der Waals surface area contributed by atoms with Crippen molar-refractivity contribution in [3.8, 4) is 0 Å². The van der Waals surface area contributed by atoms with Crippen molar-refractivity contribution in [2.24, 2.45) is 0 Å². The van der Waals surface area contributed by atoms with E-state index in [4.69, 9.17) is 4.74 Å². The summed E-state index contributed by atoms with van der Waals surface area (Å²) in [5.41, 5.74) is 2.77. The summed E-state index contributed by atoms with van der Waals surface area (Å²) in [6.45, 7) is 6.32. The number of rotatable bonds is 6. The second-order valence-corrected chi connectivity index (χ2v) is 6.24. The Labute approximate surface area is 125 Å². The van der Waals surface area contributed by atoms with Crippen LogP contribution in [0, 0.1) is 6.92 Å². The van der Waals surface area contributed by atoms with Crippen LogP contribution in [0.5, 0.6) is 0 Å². The Kier molecular flexibility index (Phi) is 5.86. The molecule has 1 fully saturated rings. The van der Waals surface area contributed by atoms with E-state index >= 15 is 0 Å². The van der Waals surface area contributed by atoms with Gasteiger partial charge in [-0.05, 0) is 62.4 Å². The summed E-state index contributed by atoms with van der Waals surface area (Å²) < 4.78 is 6.89. The molecule has 1 aliphatic heterocycles. The number of benzene rings is 1. The lowest BCUT2D eigenvalue weighted by Gasteiger charge is -2.22. The Hall–Kier alpha value is -0.380. The molecule has 3 heteroatoms.